The highest BCUT2D eigenvalue weighted by molar-refractivity contribution is 7.14. The lowest BCUT2D eigenvalue weighted by atomic mass is 9.87. The van der Waals surface area contributed by atoms with E-state index < -0.39 is 12.1 Å². The van der Waals surface area contributed by atoms with E-state index in [-0.39, 0.29) is 12.7 Å². The van der Waals surface area contributed by atoms with Crippen molar-refractivity contribution in [2.24, 2.45) is 5.92 Å². The normalized spacial score (nSPS) is 18.3. The first-order chi connectivity index (χ1) is 13.5. The quantitative estimate of drug-likeness (QED) is 0.761. The zero-order valence-corrected chi connectivity index (χ0v) is 16.8. The summed E-state index contributed by atoms with van der Waals surface area (Å²) in [4.78, 5) is 26.8. The molecule has 1 aromatic heterocycles. The summed E-state index contributed by atoms with van der Waals surface area (Å²) in [5, 5.41) is 2.74. The molecule has 6 nitrogen and oxygen atoms in total. The summed E-state index contributed by atoms with van der Waals surface area (Å²) in [6.07, 6.45) is 3.47. The fourth-order valence-electron chi connectivity index (χ4n) is 3.54. The van der Waals surface area contributed by atoms with E-state index in [9.17, 15) is 9.59 Å². The summed E-state index contributed by atoms with van der Waals surface area (Å²) in [5.74, 6) is 1.08. The molecule has 1 aromatic carbocycles. The van der Waals surface area contributed by atoms with Crippen molar-refractivity contribution in [3.63, 3.8) is 0 Å². The summed E-state index contributed by atoms with van der Waals surface area (Å²) in [7, 11) is 0. The molecule has 2 heterocycles. The Morgan fingerprint density at radius 3 is 2.93 bits per heavy atom. The van der Waals surface area contributed by atoms with Crippen LogP contribution >= 0.6 is 11.3 Å². The Morgan fingerprint density at radius 1 is 1.29 bits per heavy atom. The number of ether oxygens (including phenoxy) is 3. The summed E-state index contributed by atoms with van der Waals surface area (Å²) in [5.41, 5.74) is 1.82. The molecule has 1 amide bonds. The predicted octanol–water partition coefficient (Wildman–Crippen LogP) is 4.18. The molecule has 0 unspecified atom stereocenters. The third kappa shape index (κ3) is 3.85. The van der Waals surface area contributed by atoms with Gasteiger partial charge in [0.25, 0.3) is 5.91 Å². The largest absolute Gasteiger partial charge is 0.454 e. The van der Waals surface area contributed by atoms with Gasteiger partial charge in [0, 0.05) is 16.6 Å². The van der Waals surface area contributed by atoms with Gasteiger partial charge in [0.1, 0.15) is 4.88 Å². The van der Waals surface area contributed by atoms with E-state index in [1.165, 1.54) is 28.2 Å². The van der Waals surface area contributed by atoms with Crippen molar-refractivity contribution >= 4 is 28.9 Å². The molecule has 0 saturated heterocycles. The van der Waals surface area contributed by atoms with Gasteiger partial charge in [0.05, 0.1) is 0 Å². The number of carbonyl (C=O) groups is 2. The maximum absolute atomic E-state index is 12.5. The van der Waals surface area contributed by atoms with E-state index >= 15 is 0 Å². The van der Waals surface area contributed by atoms with Gasteiger partial charge in [-0.05, 0) is 55.9 Å². The number of thiophene rings is 1. The van der Waals surface area contributed by atoms with Gasteiger partial charge in [0.15, 0.2) is 17.6 Å². The Bertz CT molecular complexity index is 906. The SMILES string of the molecule is CC[C@@H]1CCc2sc(C(=O)O[C@H](C)C(=O)Nc3ccc4c(c3)OCO4)cc2C1. The number of fused-ring (bicyclic) bond motifs is 2. The average Bonchev–Trinajstić information content (AvgIpc) is 3.33. The molecule has 0 saturated carbocycles. The van der Waals surface area contributed by atoms with Gasteiger partial charge in [-0.25, -0.2) is 4.79 Å². The van der Waals surface area contributed by atoms with Crippen LogP contribution in [0.25, 0.3) is 0 Å². The minimum atomic E-state index is -0.902. The monoisotopic (exact) mass is 401 g/mol. The zero-order valence-electron chi connectivity index (χ0n) is 15.9. The Labute approximate surface area is 167 Å². The highest BCUT2D eigenvalue weighted by Gasteiger charge is 2.25. The third-order valence-corrected chi connectivity index (χ3v) is 6.47. The molecule has 2 aromatic rings. The first kappa shape index (κ1) is 18.8. The Hall–Kier alpha value is -2.54. The molecule has 1 N–H and O–H groups in total. The van der Waals surface area contributed by atoms with Crippen LogP contribution in [0, 0.1) is 5.92 Å². The van der Waals surface area contributed by atoms with Crippen LogP contribution in [-0.4, -0.2) is 24.8 Å². The fourth-order valence-corrected chi connectivity index (χ4v) is 4.63. The van der Waals surface area contributed by atoms with E-state index in [2.05, 4.69) is 12.2 Å². The van der Waals surface area contributed by atoms with Crippen molar-refractivity contribution in [2.45, 2.75) is 45.6 Å². The molecule has 1 aliphatic heterocycles. The van der Waals surface area contributed by atoms with Crippen molar-refractivity contribution < 1.29 is 23.8 Å². The Balaban J connectivity index is 1.36. The van der Waals surface area contributed by atoms with Crippen LogP contribution in [0.15, 0.2) is 24.3 Å². The number of hydrogen-bond acceptors (Lipinski definition) is 6. The molecule has 0 bridgehead atoms. The smallest absolute Gasteiger partial charge is 0.349 e. The van der Waals surface area contributed by atoms with Crippen LogP contribution < -0.4 is 14.8 Å². The standard InChI is InChI=1S/C21H23NO5S/c1-3-13-4-7-18-14(8-13)9-19(28-18)21(24)27-12(2)20(23)22-15-5-6-16-17(10-15)26-11-25-16/h5-6,9-10,12-13H,3-4,7-8,11H2,1-2H3,(H,22,23)/t12-,13-/m1/s1. The zero-order chi connectivity index (χ0) is 19.7. The van der Waals surface area contributed by atoms with Gasteiger partial charge in [-0.1, -0.05) is 13.3 Å². The molecule has 0 fully saturated rings. The minimum Gasteiger partial charge on any atom is -0.454 e. The highest BCUT2D eigenvalue weighted by Crippen LogP contribution is 2.35. The topological polar surface area (TPSA) is 73.9 Å². The Morgan fingerprint density at radius 2 is 2.11 bits per heavy atom. The minimum absolute atomic E-state index is 0.171. The second-order valence-corrected chi connectivity index (χ2v) is 8.32. The summed E-state index contributed by atoms with van der Waals surface area (Å²) in [6, 6.07) is 7.07. The molecular weight excluding hydrogens is 378 g/mol. The number of carbonyl (C=O) groups excluding carboxylic acids is 2. The molecule has 148 valence electrons. The second-order valence-electron chi connectivity index (χ2n) is 7.18. The summed E-state index contributed by atoms with van der Waals surface area (Å²) < 4.78 is 16.0. The van der Waals surface area contributed by atoms with Crippen molar-refractivity contribution in [2.75, 3.05) is 12.1 Å². The van der Waals surface area contributed by atoms with Gasteiger partial charge < -0.3 is 19.5 Å². The molecule has 28 heavy (non-hydrogen) atoms. The number of amides is 1. The molecule has 7 heteroatoms. The fraction of sp³-hybridized carbons (Fsp3) is 0.429. The lowest BCUT2D eigenvalue weighted by Crippen LogP contribution is -2.29. The maximum atomic E-state index is 12.5. The molecule has 2 atom stereocenters. The molecule has 1 aliphatic carbocycles. The van der Waals surface area contributed by atoms with E-state index in [0.717, 1.165) is 19.3 Å². The molecule has 2 aliphatic rings. The number of hydrogen-bond donors (Lipinski definition) is 1. The van der Waals surface area contributed by atoms with Gasteiger partial charge in [-0.2, -0.15) is 0 Å². The molecule has 0 spiro atoms. The first-order valence-electron chi connectivity index (χ1n) is 9.56. The Kier molecular flexibility index (Phi) is 5.26. The lowest BCUT2D eigenvalue weighted by Gasteiger charge is -2.19. The van der Waals surface area contributed by atoms with Gasteiger partial charge in [-0.15, -0.1) is 11.3 Å². The number of aryl methyl sites for hydroxylation is 1. The molecular formula is C21H23NO5S. The number of rotatable bonds is 5. The highest BCUT2D eigenvalue weighted by atomic mass is 32.1. The van der Waals surface area contributed by atoms with E-state index in [0.29, 0.717) is 28.0 Å². The maximum Gasteiger partial charge on any atom is 0.349 e. The van der Waals surface area contributed by atoms with Gasteiger partial charge in [0.2, 0.25) is 6.79 Å². The average molecular weight is 401 g/mol. The number of nitrogens with one attached hydrogen (secondary N) is 1. The van der Waals surface area contributed by atoms with Crippen molar-refractivity contribution in [1.29, 1.82) is 0 Å². The van der Waals surface area contributed by atoms with Crippen LogP contribution in [0.4, 0.5) is 5.69 Å². The summed E-state index contributed by atoms with van der Waals surface area (Å²) in [6.45, 7) is 3.95. The van der Waals surface area contributed by atoms with Crippen molar-refractivity contribution in [1.82, 2.24) is 0 Å². The second kappa shape index (κ2) is 7.83. The lowest BCUT2D eigenvalue weighted by molar-refractivity contribution is -0.123. The van der Waals surface area contributed by atoms with Crippen LogP contribution in [0.5, 0.6) is 11.5 Å². The van der Waals surface area contributed by atoms with Crippen LogP contribution in [0.3, 0.4) is 0 Å². The van der Waals surface area contributed by atoms with Crippen molar-refractivity contribution in [3.8, 4) is 11.5 Å². The molecule has 0 radical (unpaired) electrons. The van der Waals surface area contributed by atoms with Crippen LogP contribution in [-0.2, 0) is 22.4 Å². The summed E-state index contributed by atoms with van der Waals surface area (Å²) >= 11 is 1.49. The van der Waals surface area contributed by atoms with Gasteiger partial charge in [-0.3, -0.25) is 4.79 Å². The third-order valence-electron chi connectivity index (χ3n) is 5.26. The van der Waals surface area contributed by atoms with Crippen LogP contribution in [0.1, 0.15) is 46.8 Å². The van der Waals surface area contributed by atoms with Crippen molar-refractivity contribution in [3.05, 3.63) is 39.6 Å². The van der Waals surface area contributed by atoms with Gasteiger partial charge >= 0.3 is 5.97 Å². The number of esters is 1. The van der Waals surface area contributed by atoms with E-state index in [4.69, 9.17) is 14.2 Å². The van der Waals surface area contributed by atoms with E-state index in [1.807, 2.05) is 6.07 Å². The molecule has 4 rings (SSSR count). The van der Waals surface area contributed by atoms with Crippen LogP contribution in [0.2, 0.25) is 0 Å². The number of benzene rings is 1. The first-order valence-corrected chi connectivity index (χ1v) is 10.4. The van der Waals surface area contributed by atoms with E-state index in [1.54, 1.807) is 25.1 Å². The predicted molar refractivity (Wildman–Crippen MR) is 106 cm³/mol. The number of anilines is 1.